The number of rotatable bonds is 3. The predicted molar refractivity (Wildman–Crippen MR) is 40.4 cm³/mol. The van der Waals surface area contributed by atoms with Gasteiger partial charge in [-0.25, -0.2) is 4.18 Å². The Kier molecular flexibility index (Phi) is 3.42. The minimum absolute atomic E-state index is 0.608. The molecule has 0 aliphatic carbocycles. The van der Waals surface area contributed by atoms with Crippen molar-refractivity contribution < 1.29 is 37.2 Å². The first-order valence-corrected chi connectivity index (χ1v) is 5.00. The van der Waals surface area contributed by atoms with E-state index < -0.39 is 41.6 Å². The highest BCUT2D eigenvalue weighted by atomic mass is 32.3. The number of aliphatic hydroxyl groups excluding tert-OH is 3. The molecule has 8 nitrogen and oxygen atoms in total. The van der Waals surface area contributed by atoms with Crippen LogP contribution in [0.15, 0.2) is 0 Å². The Morgan fingerprint density at radius 1 is 1.29 bits per heavy atom. The summed E-state index contributed by atoms with van der Waals surface area (Å²) in [6.07, 6.45) is -5.96. The second kappa shape index (κ2) is 4.06. The topological polar surface area (TPSA) is 134 Å². The molecule has 0 radical (unpaired) electrons. The largest absolute Gasteiger partial charge is 0.399 e. The highest BCUT2D eigenvalue weighted by Gasteiger charge is 2.45. The Bertz CT molecular complexity index is 286. The molecule has 1 aliphatic heterocycles. The van der Waals surface area contributed by atoms with Gasteiger partial charge in [0.1, 0.15) is 18.3 Å². The molecule has 0 bridgehead atoms. The highest BCUT2D eigenvalue weighted by molar-refractivity contribution is 7.80. The fourth-order valence-corrected chi connectivity index (χ4v) is 1.46. The van der Waals surface area contributed by atoms with Crippen molar-refractivity contribution in [3.63, 3.8) is 0 Å². The Hall–Kier alpha value is -0.290. The molecule has 14 heavy (non-hydrogen) atoms. The van der Waals surface area contributed by atoms with Crippen LogP contribution >= 0.6 is 0 Å². The number of aliphatic hydroxyl groups is 3. The van der Waals surface area contributed by atoms with E-state index in [-0.39, 0.29) is 0 Å². The molecule has 1 saturated heterocycles. The zero-order valence-electron chi connectivity index (χ0n) is 6.85. The maximum atomic E-state index is 10.2. The Morgan fingerprint density at radius 2 is 1.86 bits per heavy atom. The molecule has 9 heteroatoms. The zero-order valence-corrected chi connectivity index (χ0v) is 7.66. The summed E-state index contributed by atoms with van der Waals surface area (Å²) >= 11 is 0. The molecule has 0 aromatic heterocycles. The van der Waals surface area contributed by atoms with Crippen LogP contribution in [0.4, 0.5) is 0 Å². The van der Waals surface area contributed by atoms with E-state index in [1.54, 1.807) is 0 Å². The molecule has 1 rings (SSSR count). The van der Waals surface area contributed by atoms with Crippen molar-refractivity contribution in [3.8, 4) is 0 Å². The Morgan fingerprint density at radius 3 is 2.21 bits per heavy atom. The van der Waals surface area contributed by atoms with E-state index >= 15 is 0 Å². The van der Waals surface area contributed by atoms with Gasteiger partial charge in [-0.1, -0.05) is 0 Å². The minimum Gasteiger partial charge on any atom is -0.394 e. The van der Waals surface area contributed by atoms with E-state index in [9.17, 15) is 8.42 Å². The molecule has 0 amide bonds. The maximum Gasteiger partial charge on any atom is 0.399 e. The Labute approximate surface area is 79.6 Å². The van der Waals surface area contributed by atoms with Gasteiger partial charge in [-0.3, -0.25) is 4.55 Å². The summed E-state index contributed by atoms with van der Waals surface area (Å²) in [4.78, 5) is 0. The molecule has 1 unspecified atom stereocenters. The molecule has 4 N–H and O–H groups in total. The fraction of sp³-hybridized carbons (Fsp3) is 1.00. The summed E-state index contributed by atoms with van der Waals surface area (Å²) in [6, 6.07) is 0. The fourth-order valence-electron chi connectivity index (χ4n) is 1.06. The molecule has 1 aliphatic rings. The molecule has 84 valence electrons. The normalized spacial score (nSPS) is 38.9. The molecule has 0 aromatic rings. The van der Waals surface area contributed by atoms with Gasteiger partial charge in [-0.15, -0.1) is 0 Å². The van der Waals surface area contributed by atoms with Crippen LogP contribution < -0.4 is 0 Å². The standard InChI is InChI=1S/C5H10O8S/c6-1-2-3(7)4(8)5(12-2)13-14(9,10)11/h2-8H,1H2,(H,9,10,11)/t2-,3-,4-,5?/m1/s1. The molecule has 0 aromatic carbocycles. The van der Waals surface area contributed by atoms with Gasteiger partial charge in [0.2, 0.25) is 6.29 Å². The third kappa shape index (κ3) is 2.60. The predicted octanol–water partition coefficient (Wildman–Crippen LogP) is -2.76. The average Bonchev–Trinajstić information content (AvgIpc) is 2.30. The lowest BCUT2D eigenvalue weighted by Crippen LogP contribution is -2.35. The summed E-state index contributed by atoms with van der Waals surface area (Å²) in [5.41, 5.74) is 0. The number of hydrogen-bond acceptors (Lipinski definition) is 7. The van der Waals surface area contributed by atoms with Gasteiger partial charge in [0.25, 0.3) is 0 Å². The van der Waals surface area contributed by atoms with Crippen molar-refractivity contribution in [2.45, 2.75) is 24.6 Å². The third-order valence-corrected chi connectivity index (χ3v) is 2.15. The molecule has 1 heterocycles. The van der Waals surface area contributed by atoms with E-state index in [1.165, 1.54) is 0 Å². The van der Waals surface area contributed by atoms with Crippen LogP contribution in [-0.4, -0.2) is 59.5 Å². The van der Waals surface area contributed by atoms with Crippen LogP contribution in [0, 0.1) is 0 Å². The van der Waals surface area contributed by atoms with E-state index in [0.29, 0.717) is 0 Å². The quantitative estimate of drug-likeness (QED) is 0.383. The van der Waals surface area contributed by atoms with Gasteiger partial charge in [-0.05, 0) is 0 Å². The van der Waals surface area contributed by atoms with E-state index in [2.05, 4.69) is 8.92 Å². The molecule has 1 fully saturated rings. The SMILES string of the molecule is O=S(=O)(O)OC1O[C@H](CO)[C@@H](O)[C@H]1O. The van der Waals surface area contributed by atoms with Crippen LogP contribution in [0.2, 0.25) is 0 Å². The van der Waals surface area contributed by atoms with Crippen LogP contribution in [0.25, 0.3) is 0 Å². The van der Waals surface area contributed by atoms with Crippen LogP contribution in [0.1, 0.15) is 0 Å². The zero-order chi connectivity index (χ0) is 10.9. The van der Waals surface area contributed by atoms with E-state index in [1.807, 2.05) is 0 Å². The van der Waals surface area contributed by atoms with Crippen LogP contribution in [0.3, 0.4) is 0 Å². The summed E-state index contributed by atoms with van der Waals surface area (Å²) < 4.78 is 37.2. The average molecular weight is 230 g/mol. The summed E-state index contributed by atoms with van der Waals surface area (Å²) in [5.74, 6) is 0. The lowest BCUT2D eigenvalue weighted by Gasteiger charge is -2.11. The molecule has 0 saturated carbocycles. The second-order valence-electron chi connectivity index (χ2n) is 2.73. The van der Waals surface area contributed by atoms with Crippen molar-refractivity contribution in [1.82, 2.24) is 0 Å². The van der Waals surface area contributed by atoms with Gasteiger partial charge in [-0.2, -0.15) is 8.42 Å². The smallest absolute Gasteiger partial charge is 0.394 e. The first-order chi connectivity index (χ1) is 6.35. The van der Waals surface area contributed by atoms with Crippen molar-refractivity contribution in [2.75, 3.05) is 6.61 Å². The molecule has 0 spiro atoms. The van der Waals surface area contributed by atoms with Crippen molar-refractivity contribution in [2.24, 2.45) is 0 Å². The second-order valence-corrected chi connectivity index (χ2v) is 3.78. The van der Waals surface area contributed by atoms with Crippen molar-refractivity contribution >= 4 is 10.4 Å². The monoisotopic (exact) mass is 230 g/mol. The highest BCUT2D eigenvalue weighted by Crippen LogP contribution is 2.22. The van der Waals surface area contributed by atoms with Crippen LogP contribution in [0.5, 0.6) is 0 Å². The van der Waals surface area contributed by atoms with Crippen LogP contribution in [-0.2, 0) is 19.3 Å². The summed E-state index contributed by atoms with van der Waals surface area (Å²) in [6.45, 7) is -0.608. The van der Waals surface area contributed by atoms with Gasteiger partial charge >= 0.3 is 10.4 Å². The maximum absolute atomic E-state index is 10.2. The van der Waals surface area contributed by atoms with E-state index in [4.69, 9.17) is 19.9 Å². The lowest BCUT2D eigenvalue weighted by atomic mass is 10.1. The third-order valence-electron chi connectivity index (χ3n) is 1.71. The van der Waals surface area contributed by atoms with E-state index in [0.717, 1.165) is 0 Å². The minimum atomic E-state index is -4.77. The molecular weight excluding hydrogens is 220 g/mol. The van der Waals surface area contributed by atoms with Gasteiger partial charge in [0.05, 0.1) is 6.61 Å². The Balaban J connectivity index is 2.66. The van der Waals surface area contributed by atoms with Crippen molar-refractivity contribution in [1.29, 1.82) is 0 Å². The van der Waals surface area contributed by atoms with Gasteiger partial charge in [0.15, 0.2) is 0 Å². The van der Waals surface area contributed by atoms with Crippen molar-refractivity contribution in [3.05, 3.63) is 0 Å². The van der Waals surface area contributed by atoms with Gasteiger partial charge < -0.3 is 20.1 Å². The number of ether oxygens (including phenoxy) is 1. The first-order valence-electron chi connectivity index (χ1n) is 3.63. The number of hydrogen-bond donors (Lipinski definition) is 4. The summed E-state index contributed by atoms with van der Waals surface area (Å²) in [7, 11) is -4.77. The lowest BCUT2D eigenvalue weighted by molar-refractivity contribution is -0.117. The first kappa shape index (κ1) is 11.8. The molecular formula is C5H10O8S. The molecule has 4 atom stereocenters. The van der Waals surface area contributed by atoms with Gasteiger partial charge in [0, 0.05) is 0 Å². The summed E-state index contributed by atoms with van der Waals surface area (Å²) in [5, 5.41) is 26.9.